The quantitative estimate of drug-likeness (QED) is 0.656. The van der Waals surface area contributed by atoms with Crippen LogP contribution in [0.15, 0.2) is 24.3 Å². The molecule has 1 unspecified atom stereocenters. The number of benzene rings is 1. The maximum atomic E-state index is 11.5. The third-order valence-corrected chi connectivity index (χ3v) is 2.25. The van der Waals surface area contributed by atoms with Crippen molar-refractivity contribution in [3.05, 3.63) is 29.8 Å². The fourth-order valence-electron chi connectivity index (χ4n) is 1.37. The zero-order valence-corrected chi connectivity index (χ0v) is 9.73. The van der Waals surface area contributed by atoms with Gasteiger partial charge in [0.1, 0.15) is 6.04 Å². The Morgan fingerprint density at radius 3 is 3.00 bits per heavy atom. The van der Waals surface area contributed by atoms with Crippen molar-refractivity contribution in [1.82, 2.24) is 5.32 Å². The van der Waals surface area contributed by atoms with Crippen LogP contribution in [0.4, 0.5) is 5.69 Å². The third-order valence-electron chi connectivity index (χ3n) is 2.25. The number of rotatable bonds is 5. The van der Waals surface area contributed by atoms with Gasteiger partial charge in [-0.3, -0.25) is 4.79 Å². The van der Waals surface area contributed by atoms with Crippen molar-refractivity contribution in [2.75, 3.05) is 11.9 Å². The van der Waals surface area contributed by atoms with Crippen LogP contribution in [0.25, 0.3) is 0 Å². The van der Waals surface area contributed by atoms with Gasteiger partial charge in [0, 0.05) is 5.69 Å². The highest BCUT2D eigenvalue weighted by atomic mass is 16.3. The van der Waals surface area contributed by atoms with E-state index in [1.807, 2.05) is 18.2 Å². The normalized spacial score (nSPS) is 11.4. The molecule has 0 heterocycles. The molecule has 0 saturated carbocycles. The third kappa shape index (κ3) is 4.17. The van der Waals surface area contributed by atoms with Crippen molar-refractivity contribution in [2.45, 2.75) is 19.6 Å². The first-order valence-corrected chi connectivity index (χ1v) is 5.35. The topological polar surface area (TPSA) is 61.4 Å². The minimum absolute atomic E-state index is 0.0206. The smallest absolute Gasteiger partial charge is 0.242 e. The minimum atomic E-state index is -0.378. The summed E-state index contributed by atoms with van der Waals surface area (Å²) in [6.45, 7) is 1.95. The van der Waals surface area contributed by atoms with E-state index in [0.717, 1.165) is 11.3 Å². The van der Waals surface area contributed by atoms with Gasteiger partial charge in [0.05, 0.1) is 13.2 Å². The van der Waals surface area contributed by atoms with Crippen LogP contribution in [0.2, 0.25) is 0 Å². The van der Waals surface area contributed by atoms with E-state index in [4.69, 9.17) is 11.5 Å². The van der Waals surface area contributed by atoms with Crippen molar-refractivity contribution in [2.24, 2.45) is 0 Å². The summed E-state index contributed by atoms with van der Waals surface area (Å²) in [4.78, 5) is 11.5. The Balaban J connectivity index is 2.58. The van der Waals surface area contributed by atoms with E-state index in [-0.39, 0.29) is 25.1 Å². The number of hydrogen-bond acceptors (Lipinski definition) is 3. The first kappa shape index (κ1) is 13.1. The average molecular weight is 232 g/mol. The molecular weight excluding hydrogens is 216 g/mol. The number of carbonyl (C=O) groups is 1. The SMILES string of the molecule is C#CCNC(=O)C(C)Nc1cccc(CO)c1. The van der Waals surface area contributed by atoms with Crippen molar-refractivity contribution >= 4 is 11.6 Å². The molecule has 1 aromatic rings. The second-order valence-electron chi connectivity index (χ2n) is 3.65. The molecule has 0 saturated heterocycles. The minimum Gasteiger partial charge on any atom is -0.392 e. The Bertz CT molecular complexity index is 424. The van der Waals surface area contributed by atoms with E-state index in [1.165, 1.54) is 0 Å². The average Bonchev–Trinajstić information content (AvgIpc) is 2.36. The van der Waals surface area contributed by atoms with E-state index in [9.17, 15) is 4.79 Å². The first-order chi connectivity index (χ1) is 8.17. The molecule has 0 aliphatic carbocycles. The molecule has 1 atom stereocenters. The van der Waals surface area contributed by atoms with Crippen LogP contribution in [0.5, 0.6) is 0 Å². The van der Waals surface area contributed by atoms with Crippen LogP contribution in [0.3, 0.4) is 0 Å². The summed E-state index contributed by atoms with van der Waals surface area (Å²) in [7, 11) is 0. The fraction of sp³-hybridized carbons (Fsp3) is 0.308. The van der Waals surface area contributed by atoms with Gasteiger partial charge in [0.2, 0.25) is 5.91 Å². The molecule has 3 N–H and O–H groups in total. The fourth-order valence-corrected chi connectivity index (χ4v) is 1.37. The Hall–Kier alpha value is -1.99. The van der Waals surface area contributed by atoms with Crippen LogP contribution in [0, 0.1) is 12.3 Å². The maximum Gasteiger partial charge on any atom is 0.242 e. The zero-order chi connectivity index (χ0) is 12.7. The van der Waals surface area contributed by atoms with Gasteiger partial charge in [-0.15, -0.1) is 6.42 Å². The van der Waals surface area contributed by atoms with E-state index in [0.29, 0.717) is 0 Å². The zero-order valence-electron chi connectivity index (χ0n) is 9.73. The van der Waals surface area contributed by atoms with Gasteiger partial charge in [-0.25, -0.2) is 0 Å². The van der Waals surface area contributed by atoms with Crippen LogP contribution < -0.4 is 10.6 Å². The van der Waals surface area contributed by atoms with Crippen molar-refractivity contribution < 1.29 is 9.90 Å². The lowest BCUT2D eigenvalue weighted by molar-refractivity contribution is -0.121. The summed E-state index contributed by atoms with van der Waals surface area (Å²) < 4.78 is 0. The van der Waals surface area contributed by atoms with Crippen LogP contribution in [0.1, 0.15) is 12.5 Å². The molecule has 0 fully saturated rings. The molecule has 0 bridgehead atoms. The molecule has 0 aromatic heterocycles. The number of amides is 1. The highest BCUT2D eigenvalue weighted by molar-refractivity contribution is 5.84. The Kier molecular flexibility index (Phi) is 5.05. The molecule has 4 nitrogen and oxygen atoms in total. The van der Waals surface area contributed by atoms with Crippen LogP contribution in [-0.2, 0) is 11.4 Å². The Labute approximate surface area is 101 Å². The van der Waals surface area contributed by atoms with Gasteiger partial charge >= 0.3 is 0 Å². The molecule has 1 aromatic carbocycles. The molecule has 4 heteroatoms. The number of aliphatic hydroxyl groups excluding tert-OH is 1. The number of aliphatic hydroxyl groups is 1. The predicted octanol–water partition coefficient (Wildman–Crippen LogP) is 0.729. The monoisotopic (exact) mass is 232 g/mol. The largest absolute Gasteiger partial charge is 0.392 e. The van der Waals surface area contributed by atoms with E-state index in [2.05, 4.69) is 16.6 Å². The summed E-state index contributed by atoms with van der Waals surface area (Å²) in [6, 6.07) is 6.89. The molecule has 1 amide bonds. The van der Waals surface area contributed by atoms with E-state index >= 15 is 0 Å². The Morgan fingerprint density at radius 1 is 1.59 bits per heavy atom. The number of nitrogens with one attached hydrogen (secondary N) is 2. The van der Waals surface area contributed by atoms with Gasteiger partial charge in [-0.05, 0) is 24.6 Å². The lowest BCUT2D eigenvalue weighted by atomic mass is 10.2. The summed E-state index contributed by atoms with van der Waals surface area (Å²) in [5, 5.41) is 14.6. The van der Waals surface area contributed by atoms with Gasteiger partial charge in [0.15, 0.2) is 0 Å². The van der Waals surface area contributed by atoms with Crippen LogP contribution in [-0.4, -0.2) is 23.6 Å². The summed E-state index contributed by atoms with van der Waals surface area (Å²) in [5.41, 5.74) is 1.59. The van der Waals surface area contributed by atoms with Crippen molar-refractivity contribution in [1.29, 1.82) is 0 Å². The summed E-state index contributed by atoms with van der Waals surface area (Å²) >= 11 is 0. The summed E-state index contributed by atoms with van der Waals surface area (Å²) in [6.07, 6.45) is 5.05. The standard InChI is InChI=1S/C13H16N2O2/c1-3-7-14-13(17)10(2)15-12-6-4-5-11(8-12)9-16/h1,4-6,8,10,15-16H,7,9H2,2H3,(H,14,17). The lowest BCUT2D eigenvalue weighted by Gasteiger charge is -2.14. The molecule has 0 aliphatic heterocycles. The first-order valence-electron chi connectivity index (χ1n) is 5.35. The molecule has 0 radical (unpaired) electrons. The van der Waals surface area contributed by atoms with Gasteiger partial charge in [-0.2, -0.15) is 0 Å². The summed E-state index contributed by atoms with van der Waals surface area (Å²) in [5.74, 6) is 2.19. The predicted molar refractivity (Wildman–Crippen MR) is 67.3 cm³/mol. The van der Waals surface area contributed by atoms with Gasteiger partial charge in [0.25, 0.3) is 0 Å². The molecule has 1 rings (SSSR count). The Morgan fingerprint density at radius 2 is 2.35 bits per heavy atom. The molecule has 0 spiro atoms. The number of anilines is 1. The second-order valence-corrected chi connectivity index (χ2v) is 3.65. The highest BCUT2D eigenvalue weighted by Gasteiger charge is 2.11. The maximum absolute atomic E-state index is 11.5. The lowest BCUT2D eigenvalue weighted by Crippen LogP contribution is -2.37. The number of hydrogen-bond donors (Lipinski definition) is 3. The molecule has 17 heavy (non-hydrogen) atoms. The van der Waals surface area contributed by atoms with Gasteiger partial charge in [-0.1, -0.05) is 18.1 Å². The van der Waals surface area contributed by atoms with E-state index < -0.39 is 0 Å². The van der Waals surface area contributed by atoms with E-state index in [1.54, 1.807) is 13.0 Å². The van der Waals surface area contributed by atoms with Gasteiger partial charge < -0.3 is 15.7 Å². The molecular formula is C13H16N2O2. The molecule has 0 aliphatic rings. The van der Waals surface area contributed by atoms with Crippen LogP contribution >= 0.6 is 0 Å². The van der Waals surface area contributed by atoms with Crippen molar-refractivity contribution in [3.63, 3.8) is 0 Å². The number of terminal acetylenes is 1. The highest BCUT2D eigenvalue weighted by Crippen LogP contribution is 2.11. The van der Waals surface area contributed by atoms with Crippen molar-refractivity contribution in [3.8, 4) is 12.3 Å². The molecule has 90 valence electrons. The number of carbonyl (C=O) groups excluding carboxylic acids is 1. The second kappa shape index (κ2) is 6.56.